The van der Waals surface area contributed by atoms with Gasteiger partial charge in [-0.3, -0.25) is 33.7 Å². The molecule has 0 bridgehead atoms. The molecule has 0 aromatic heterocycles. The monoisotopic (exact) mass is 651 g/mol. The Morgan fingerprint density at radius 3 is 2.07 bits per heavy atom. The van der Waals surface area contributed by atoms with Crippen LogP contribution in [0.25, 0.3) is 0 Å². The maximum atomic E-state index is 12.9. The van der Waals surface area contributed by atoms with E-state index >= 15 is 0 Å². The number of likely N-dealkylation sites (N-methyl/N-ethyl adjacent to an activating group) is 1. The van der Waals surface area contributed by atoms with Gasteiger partial charge in [0, 0.05) is 37.9 Å². The van der Waals surface area contributed by atoms with E-state index in [1.807, 2.05) is 13.8 Å². The summed E-state index contributed by atoms with van der Waals surface area (Å²) in [4.78, 5) is 76.1. The van der Waals surface area contributed by atoms with E-state index in [9.17, 15) is 28.8 Å². The Balaban J connectivity index is 1.74. The van der Waals surface area contributed by atoms with Crippen molar-refractivity contribution in [1.82, 2.24) is 26.2 Å². The molecule has 0 aromatic carbocycles. The molecule has 4 N–H and O–H groups in total. The number of ether oxygens (including phenoxy) is 2. The lowest BCUT2D eigenvalue weighted by Gasteiger charge is -2.33. The standard InChI is InChI=1S/C33H57N5O8/c1-10-34-28(41)22(5)36-30(43)27(20(2)3)37-25(39)17-45-33(8,9)19-46-32(6,7)18-35-29(42)24-13-11-23(12-14-24)16-38-26(40)15-21(4)31(38)44/h20-24,27H,10-19H2,1-9H3,(H,34,41)(H,35,42)(H,36,43)(H,37,39)/t21?,22-,23?,24?,27-/m0/s1. The van der Waals surface area contributed by atoms with Crippen molar-refractivity contribution in [3.63, 3.8) is 0 Å². The van der Waals surface area contributed by atoms with Gasteiger partial charge in [-0.25, -0.2) is 0 Å². The van der Waals surface area contributed by atoms with E-state index in [0.29, 0.717) is 25.9 Å². The van der Waals surface area contributed by atoms with Gasteiger partial charge in [-0.05, 0) is 79.1 Å². The highest BCUT2D eigenvalue weighted by atomic mass is 16.6. The van der Waals surface area contributed by atoms with Crippen LogP contribution in [-0.2, 0) is 38.2 Å². The summed E-state index contributed by atoms with van der Waals surface area (Å²) in [6, 6.07) is -1.58. The largest absolute Gasteiger partial charge is 0.371 e. The molecule has 46 heavy (non-hydrogen) atoms. The van der Waals surface area contributed by atoms with Crippen LogP contribution in [0.1, 0.15) is 94.4 Å². The molecule has 3 atom stereocenters. The van der Waals surface area contributed by atoms with Crippen LogP contribution in [0.3, 0.4) is 0 Å². The van der Waals surface area contributed by atoms with Crippen LogP contribution in [0.15, 0.2) is 0 Å². The molecule has 0 spiro atoms. The first kappa shape index (κ1) is 39.1. The third-order valence-electron chi connectivity index (χ3n) is 8.59. The fraction of sp³-hybridized carbons (Fsp3) is 0.818. The second-order valence-corrected chi connectivity index (χ2v) is 14.4. The van der Waals surface area contributed by atoms with Crippen LogP contribution >= 0.6 is 0 Å². The fourth-order valence-corrected chi connectivity index (χ4v) is 5.52. The second-order valence-electron chi connectivity index (χ2n) is 14.4. The molecule has 0 radical (unpaired) electrons. The first-order chi connectivity index (χ1) is 21.4. The van der Waals surface area contributed by atoms with Crippen molar-refractivity contribution in [3.8, 4) is 0 Å². The van der Waals surface area contributed by atoms with Crippen LogP contribution in [0, 0.1) is 23.7 Å². The molecule has 1 saturated carbocycles. The number of rotatable bonds is 17. The molecule has 2 aliphatic rings. The molecule has 1 aliphatic carbocycles. The van der Waals surface area contributed by atoms with E-state index in [1.165, 1.54) is 4.90 Å². The zero-order valence-electron chi connectivity index (χ0n) is 29.2. The predicted molar refractivity (Wildman–Crippen MR) is 172 cm³/mol. The Hall–Kier alpha value is -3.06. The molecular weight excluding hydrogens is 594 g/mol. The van der Waals surface area contributed by atoms with Crippen molar-refractivity contribution < 1.29 is 38.2 Å². The van der Waals surface area contributed by atoms with Crippen LogP contribution in [0.2, 0.25) is 0 Å². The molecule has 6 amide bonds. The third kappa shape index (κ3) is 12.3. The number of carbonyl (C=O) groups is 6. The molecule has 1 heterocycles. The van der Waals surface area contributed by atoms with Crippen LogP contribution in [0.5, 0.6) is 0 Å². The maximum Gasteiger partial charge on any atom is 0.246 e. The highest BCUT2D eigenvalue weighted by Crippen LogP contribution is 2.31. The van der Waals surface area contributed by atoms with E-state index in [-0.39, 0.29) is 73.5 Å². The highest BCUT2D eigenvalue weighted by molar-refractivity contribution is 6.03. The zero-order chi connectivity index (χ0) is 34.8. The summed E-state index contributed by atoms with van der Waals surface area (Å²) in [5.41, 5.74) is -1.54. The number of nitrogens with one attached hydrogen (secondary N) is 4. The average Bonchev–Trinajstić information content (AvgIpc) is 3.22. The molecule has 1 aliphatic heterocycles. The molecule has 262 valence electrons. The van der Waals surface area contributed by atoms with Crippen molar-refractivity contribution in [2.75, 3.05) is 32.8 Å². The van der Waals surface area contributed by atoms with Crippen molar-refractivity contribution >= 4 is 35.4 Å². The molecule has 2 fully saturated rings. The Morgan fingerprint density at radius 1 is 0.891 bits per heavy atom. The number of hydrogen-bond acceptors (Lipinski definition) is 8. The Labute approximate surface area is 274 Å². The molecule has 1 saturated heterocycles. The van der Waals surface area contributed by atoms with Crippen molar-refractivity contribution in [2.24, 2.45) is 23.7 Å². The number of carbonyl (C=O) groups excluding carboxylic acids is 6. The summed E-state index contributed by atoms with van der Waals surface area (Å²) < 4.78 is 11.9. The lowest BCUT2D eigenvalue weighted by Crippen LogP contribution is -2.55. The molecule has 13 heteroatoms. The first-order valence-corrected chi connectivity index (χ1v) is 16.6. The van der Waals surface area contributed by atoms with E-state index in [1.54, 1.807) is 48.5 Å². The van der Waals surface area contributed by atoms with Crippen molar-refractivity contribution in [1.29, 1.82) is 0 Å². The summed E-state index contributed by atoms with van der Waals surface area (Å²) in [6.07, 6.45) is 3.28. The molecule has 0 aromatic rings. The normalized spacial score (nSPS) is 22.0. The van der Waals surface area contributed by atoms with E-state index in [4.69, 9.17) is 9.47 Å². The van der Waals surface area contributed by atoms with Gasteiger partial charge in [0.05, 0.1) is 17.8 Å². The Morgan fingerprint density at radius 2 is 1.52 bits per heavy atom. The highest BCUT2D eigenvalue weighted by Gasteiger charge is 2.38. The summed E-state index contributed by atoms with van der Waals surface area (Å²) in [7, 11) is 0. The predicted octanol–water partition coefficient (Wildman–Crippen LogP) is 1.68. The minimum absolute atomic E-state index is 0.0339. The van der Waals surface area contributed by atoms with Crippen LogP contribution in [0.4, 0.5) is 0 Å². The number of imide groups is 1. The second kappa shape index (κ2) is 17.2. The fourth-order valence-electron chi connectivity index (χ4n) is 5.52. The average molecular weight is 652 g/mol. The van der Waals surface area contributed by atoms with Gasteiger partial charge in [0.15, 0.2) is 0 Å². The minimum atomic E-state index is -0.841. The van der Waals surface area contributed by atoms with Gasteiger partial charge in [0.25, 0.3) is 0 Å². The van der Waals surface area contributed by atoms with Crippen LogP contribution < -0.4 is 21.3 Å². The van der Waals surface area contributed by atoms with Gasteiger partial charge in [0.2, 0.25) is 35.4 Å². The van der Waals surface area contributed by atoms with Gasteiger partial charge in [-0.1, -0.05) is 20.8 Å². The maximum absolute atomic E-state index is 12.9. The first-order valence-electron chi connectivity index (χ1n) is 16.6. The van der Waals surface area contributed by atoms with Gasteiger partial charge in [0.1, 0.15) is 18.7 Å². The smallest absolute Gasteiger partial charge is 0.246 e. The zero-order valence-corrected chi connectivity index (χ0v) is 29.2. The van der Waals surface area contributed by atoms with Crippen molar-refractivity contribution in [3.05, 3.63) is 0 Å². The summed E-state index contributed by atoms with van der Waals surface area (Å²) in [5, 5.41) is 11.0. The third-order valence-corrected chi connectivity index (χ3v) is 8.59. The van der Waals surface area contributed by atoms with Crippen LogP contribution in [-0.4, -0.2) is 96.5 Å². The molecular formula is C33H57N5O8. The molecule has 13 nitrogen and oxygen atoms in total. The number of nitrogens with zero attached hydrogens (tertiary/aromatic N) is 1. The van der Waals surface area contributed by atoms with E-state index in [2.05, 4.69) is 21.3 Å². The van der Waals surface area contributed by atoms with Gasteiger partial charge in [-0.15, -0.1) is 0 Å². The summed E-state index contributed by atoms with van der Waals surface area (Å²) >= 11 is 0. The number of likely N-dealkylation sites (tertiary alicyclic amines) is 1. The lowest BCUT2D eigenvalue weighted by molar-refractivity contribution is -0.146. The van der Waals surface area contributed by atoms with E-state index < -0.39 is 35.1 Å². The van der Waals surface area contributed by atoms with Gasteiger partial charge in [-0.2, -0.15) is 0 Å². The summed E-state index contributed by atoms with van der Waals surface area (Å²) in [5.74, 6) is -1.80. The van der Waals surface area contributed by atoms with E-state index in [0.717, 1.165) is 12.8 Å². The lowest BCUT2D eigenvalue weighted by atomic mass is 9.81. The summed E-state index contributed by atoms with van der Waals surface area (Å²) in [6.45, 7) is 17.1. The topological polar surface area (TPSA) is 172 Å². The Kier molecular flexibility index (Phi) is 14.6. The number of hydrogen-bond donors (Lipinski definition) is 4. The van der Waals surface area contributed by atoms with Gasteiger partial charge < -0.3 is 30.7 Å². The quantitative estimate of drug-likeness (QED) is 0.172. The minimum Gasteiger partial charge on any atom is -0.371 e. The van der Waals surface area contributed by atoms with Gasteiger partial charge >= 0.3 is 0 Å². The van der Waals surface area contributed by atoms with Crippen molar-refractivity contribution in [2.45, 2.75) is 118 Å². The Bertz CT molecular complexity index is 1100. The SMILES string of the molecule is CCNC(=O)[C@H](C)NC(=O)[C@@H](NC(=O)COC(C)(C)COC(C)(C)CNC(=O)C1CCC(CN2C(=O)CC(C)C2=O)CC1)C(C)C. The molecule has 2 rings (SSSR count). The molecule has 1 unspecified atom stereocenters. The number of amides is 6.